The van der Waals surface area contributed by atoms with Crippen LogP contribution in [0.15, 0.2) is 28.9 Å². The summed E-state index contributed by atoms with van der Waals surface area (Å²) in [6.07, 6.45) is 1.61. The van der Waals surface area contributed by atoms with Crippen LogP contribution in [0.2, 0.25) is 0 Å². The van der Waals surface area contributed by atoms with E-state index in [9.17, 15) is 0 Å². The summed E-state index contributed by atoms with van der Waals surface area (Å²) in [5.74, 6) is 2.26. The Labute approximate surface area is 113 Å². The van der Waals surface area contributed by atoms with Crippen LogP contribution in [0.25, 0.3) is 11.4 Å². The van der Waals surface area contributed by atoms with E-state index in [1.165, 1.54) is 0 Å². The number of aromatic nitrogens is 2. The molecule has 1 heterocycles. The van der Waals surface area contributed by atoms with Gasteiger partial charge in [-0.3, -0.25) is 0 Å². The SMILES string of the molecule is COc1cc(OC)cc(-c2ncc(Br)c(N)n2)c1. The van der Waals surface area contributed by atoms with Gasteiger partial charge in [-0.05, 0) is 28.1 Å². The lowest BCUT2D eigenvalue weighted by Crippen LogP contribution is -1.97. The van der Waals surface area contributed by atoms with Crippen LogP contribution in [0.1, 0.15) is 0 Å². The Morgan fingerprint density at radius 1 is 1.11 bits per heavy atom. The fourth-order valence-corrected chi connectivity index (χ4v) is 1.65. The quantitative estimate of drug-likeness (QED) is 0.943. The lowest BCUT2D eigenvalue weighted by Gasteiger charge is -2.08. The van der Waals surface area contributed by atoms with Gasteiger partial charge in [0.25, 0.3) is 0 Å². The van der Waals surface area contributed by atoms with Crippen LogP contribution in [-0.4, -0.2) is 24.2 Å². The number of hydrogen-bond donors (Lipinski definition) is 1. The lowest BCUT2D eigenvalue weighted by atomic mass is 10.2. The van der Waals surface area contributed by atoms with Crippen molar-refractivity contribution in [1.29, 1.82) is 0 Å². The molecule has 0 atom stereocenters. The van der Waals surface area contributed by atoms with Gasteiger partial charge in [0, 0.05) is 17.8 Å². The summed E-state index contributed by atoms with van der Waals surface area (Å²) < 4.78 is 11.1. The van der Waals surface area contributed by atoms with E-state index in [2.05, 4.69) is 25.9 Å². The molecule has 0 saturated heterocycles. The van der Waals surface area contributed by atoms with Gasteiger partial charge in [0.2, 0.25) is 0 Å². The summed E-state index contributed by atoms with van der Waals surface area (Å²) in [4.78, 5) is 8.41. The zero-order valence-corrected chi connectivity index (χ0v) is 11.6. The van der Waals surface area contributed by atoms with Crippen molar-refractivity contribution in [3.8, 4) is 22.9 Å². The van der Waals surface area contributed by atoms with Gasteiger partial charge in [-0.25, -0.2) is 9.97 Å². The smallest absolute Gasteiger partial charge is 0.161 e. The van der Waals surface area contributed by atoms with Gasteiger partial charge in [0.1, 0.15) is 17.3 Å². The van der Waals surface area contributed by atoms with Crippen molar-refractivity contribution in [1.82, 2.24) is 9.97 Å². The van der Waals surface area contributed by atoms with E-state index in [-0.39, 0.29) is 0 Å². The maximum absolute atomic E-state index is 5.74. The van der Waals surface area contributed by atoms with Crippen LogP contribution in [0, 0.1) is 0 Å². The largest absolute Gasteiger partial charge is 0.497 e. The molecule has 0 unspecified atom stereocenters. The van der Waals surface area contributed by atoms with Gasteiger partial charge in [0.15, 0.2) is 5.82 Å². The molecule has 0 saturated carbocycles. The molecule has 0 spiro atoms. The monoisotopic (exact) mass is 309 g/mol. The molecule has 0 aliphatic rings. The number of nitrogens with zero attached hydrogens (tertiary/aromatic N) is 2. The maximum Gasteiger partial charge on any atom is 0.161 e. The molecule has 0 radical (unpaired) electrons. The van der Waals surface area contributed by atoms with Crippen LogP contribution in [0.3, 0.4) is 0 Å². The Kier molecular flexibility index (Phi) is 3.66. The summed E-state index contributed by atoms with van der Waals surface area (Å²) in [5.41, 5.74) is 6.52. The van der Waals surface area contributed by atoms with Gasteiger partial charge in [0.05, 0.1) is 18.7 Å². The molecule has 2 aromatic rings. The van der Waals surface area contributed by atoms with Gasteiger partial charge < -0.3 is 15.2 Å². The molecule has 0 amide bonds. The van der Waals surface area contributed by atoms with Gasteiger partial charge in [-0.1, -0.05) is 0 Å². The van der Waals surface area contributed by atoms with Crippen LogP contribution in [-0.2, 0) is 0 Å². The predicted octanol–water partition coefficient (Wildman–Crippen LogP) is 2.51. The highest BCUT2D eigenvalue weighted by atomic mass is 79.9. The standard InChI is InChI=1S/C12H12BrN3O2/c1-17-8-3-7(4-9(5-8)18-2)12-15-6-10(13)11(14)16-12/h3-6H,1-2H3,(H2,14,15,16). The highest BCUT2D eigenvalue weighted by molar-refractivity contribution is 9.10. The Morgan fingerprint density at radius 2 is 1.72 bits per heavy atom. The number of anilines is 1. The molecule has 5 nitrogen and oxygen atoms in total. The Hall–Kier alpha value is -1.82. The number of nitrogens with two attached hydrogens (primary N) is 1. The Morgan fingerprint density at radius 3 is 2.22 bits per heavy atom. The number of rotatable bonds is 3. The second kappa shape index (κ2) is 5.22. The normalized spacial score (nSPS) is 10.2. The summed E-state index contributed by atoms with van der Waals surface area (Å²) in [7, 11) is 3.19. The molecule has 0 aliphatic carbocycles. The molecule has 1 aromatic carbocycles. The summed E-state index contributed by atoms with van der Waals surface area (Å²) >= 11 is 3.26. The van der Waals surface area contributed by atoms with Crippen LogP contribution < -0.4 is 15.2 Å². The van der Waals surface area contributed by atoms with Crippen molar-refractivity contribution in [3.63, 3.8) is 0 Å². The fraction of sp³-hybridized carbons (Fsp3) is 0.167. The number of ether oxygens (including phenoxy) is 2. The summed E-state index contributed by atoms with van der Waals surface area (Å²) in [6.45, 7) is 0. The number of benzene rings is 1. The van der Waals surface area contributed by atoms with Crippen molar-refractivity contribution in [2.45, 2.75) is 0 Å². The number of methoxy groups -OCH3 is 2. The molecular weight excluding hydrogens is 298 g/mol. The molecule has 0 fully saturated rings. The molecular formula is C12H12BrN3O2. The molecule has 18 heavy (non-hydrogen) atoms. The van der Waals surface area contributed by atoms with Crippen molar-refractivity contribution in [2.75, 3.05) is 20.0 Å². The highest BCUT2D eigenvalue weighted by Gasteiger charge is 2.08. The Balaban J connectivity index is 2.51. The van der Waals surface area contributed by atoms with E-state index in [1.54, 1.807) is 26.5 Å². The van der Waals surface area contributed by atoms with Crippen molar-refractivity contribution >= 4 is 21.7 Å². The first kappa shape index (κ1) is 12.6. The van der Waals surface area contributed by atoms with E-state index < -0.39 is 0 Å². The van der Waals surface area contributed by atoms with E-state index >= 15 is 0 Å². The minimum absolute atomic E-state index is 0.391. The number of nitrogen functional groups attached to an aromatic ring is 1. The number of halogens is 1. The summed E-state index contributed by atoms with van der Waals surface area (Å²) in [5, 5.41) is 0. The molecule has 0 aliphatic heterocycles. The lowest BCUT2D eigenvalue weighted by molar-refractivity contribution is 0.394. The first-order valence-corrected chi connectivity index (χ1v) is 5.95. The zero-order valence-electron chi connectivity index (χ0n) is 9.98. The average Bonchev–Trinajstić information content (AvgIpc) is 2.41. The second-order valence-electron chi connectivity index (χ2n) is 3.53. The summed E-state index contributed by atoms with van der Waals surface area (Å²) in [6, 6.07) is 5.43. The molecule has 0 bridgehead atoms. The highest BCUT2D eigenvalue weighted by Crippen LogP contribution is 2.29. The number of hydrogen-bond acceptors (Lipinski definition) is 5. The van der Waals surface area contributed by atoms with Crippen LogP contribution in [0.5, 0.6) is 11.5 Å². The van der Waals surface area contributed by atoms with E-state index in [0.717, 1.165) is 5.56 Å². The minimum atomic E-state index is 0.391. The minimum Gasteiger partial charge on any atom is -0.497 e. The third kappa shape index (κ3) is 2.53. The van der Waals surface area contributed by atoms with Crippen molar-refractivity contribution in [2.24, 2.45) is 0 Å². The first-order chi connectivity index (χ1) is 8.63. The van der Waals surface area contributed by atoms with Crippen molar-refractivity contribution < 1.29 is 9.47 Å². The third-order valence-electron chi connectivity index (χ3n) is 2.38. The molecule has 1 aromatic heterocycles. The molecule has 2 rings (SSSR count). The van der Waals surface area contributed by atoms with Gasteiger partial charge in [-0.15, -0.1) is 0 Å². The van der Waals surface area contributed by atoms with Gasteiger partial charge in [-0.2, -0.15) is 0 Å². The maximum atomic E-state index is 5.74. The van der Waals surface area contributed by atoms with Gasteiger partial charge >= 0.3 is 0 Å². The predicted molar refractivity (Wildman–Crippen MR) is 72.7 cm³/mol. The van der Waals surface area contributed by atoms with Crippen LogP contribution in [0.4, 0.5) is 5.82 Å². The second-order valence-corrected chi connectivity index (χ2v) is 4.38. The first-order valence-electron chi connectivity index (χ1n) is 5.15. The third-order valence-corrected chi connectivity index (χ3v) is 2.99. The zero-order chi connectivity index (χ0) is 13.1. The van der Waals surface area contributed by atoms with E-state index in [4.69, 9.17) is 15.2 Å². The van der Waals surface area contributed by atoms with Crippen molar-refractivity contribution in [3.05, 3.63) is 28.9 Å². The molecule has 2 N–H and O–H groups in total. The average molecular weight is 310 g/mol. The molecule has 6 heteroatoms. The van der Waals surface area contributed by atoms with Crippen LogP contribution >= 0.6 is 15.9 Å². The van der Waals surface area contributed by atoms with E-state index in [1.807, 2.05) is 12.1 Å². The van der Waals surface area contributed by atoms with E-state index in [0.29, 0.717) is 27.6 Å². The fourth-order valence-electron chi connectivity index (χ4n) is 1.46. The topological polar surface area (TPSA) is 70.3 Å². The Bertz CT molecular complexity index is 553. The molecule has 94 valence electrons.